The number of hydrogen-bond donors (Lipinski definition) is 1. The number of ether oxygens (including phenoxy) is 1. The lowest BCUT2D eigenvalue weighted by molar-refractivity contribution is 0.386. The predicted molar refractivity (Wildman–Crippen MR) is 72.9 cm³/mol. The van der Waals surface area contributed by atoms with Crippen molar-refractivity contribution in [2.75, 3.05) is 7.11 Å². The van der Waals surface area contributed by atoms with Gasteiger partial charge in [-0.15, -0.1) is 11.3 Å². The molecule has 6 heteroatoms. The molecule has 0 fully saturated rings. The van der Waals surface area contributed by atoms with Crippen LogP contribution in [0.25, 0.3) is 16.2 Å². The molecule has 0 aliphatic heterocycles. The van der Waals surface area contributed by atoms with Crippen LogP contribution in [0.3, 0.4) is 0 Å². The van der Waals surface area contributed by atoms with Gasteiger partial charge in [-0.1, -0.05) is 0 Å². The molecule has 98 valence electrons. The van der Waals surface area contributed by atoms with E-state index in [1.807, 2.05) is 16.0 Å². The number of methoxy groups -OCH3 is 1. The van der Waals surface area contributed by atoms with E-state index >= 15 is 0 Å². The normalized spacial score (nSPS) is 11.1. The first kappa shape index (κ1) is 12.1. The van der Waals surface area contributed by atoms with Crippen molar-refractivity contribution in [3.63, 3.8) is 0 Å². The number of aromatic nitrogens is 2. The zero-order valence-electron chi connectivity index (χ0n) is 10.3. The van der Waals surface area contributed by atoms with Gasteiger partial charge in [-0.05, 0) is 18.2 Å². The molecular weight excluding hydrogens is 265 g/mol. The molecule has 0 spiro atoms. The van der Waals surface area contributed by atoms with Gasteiger partial charge in [0.05, 0.1) is 12.8 Å². The molecule has 3 aromatic rings. The van der Waals surface area contributed by atoms with E-state index in [9.17, 15) is 4.39 Å². The summed E-state index contributed by atoms with van der Waals surface area (Å²) >= 11 is 1.52. The van der Waals surface area contributed by atoms with Gasteiger partial charge in [0.1, 0.15) is 0 Å². The summed E-state index contributed by atoms with van der Waals surface area (Å²) < 4.78 is 20.5. The van der Waals surface area contributed by atoms with Gasteiger partial charge in [-0.3, -0.25) is 4.40 Å². The highest BCUT2D eigenvalue weighted by Gasteiger charge is 2.11. The van der Waals surface area contributed by atoms with Crippen LogP contribution in [0.1, 0.15) is 5.69 Å². The Bertz CT molecular complexity index is 735. The summed E-state index contributed by atoms with van der Waals surface area (Å²) in [4.78, 5) is 5.32. The average molecular weight is 277 g/mol. The third-order valence-corrected chi connectivity index (χ3v) is 3.83. The van der Waals surface area contributed by atoms with Crippen LogP contribution in [0, 0.1) is 5.82 Å². The molecule has 0 amide bonds. The lowest BCUT2D eigenvalue weighted by atomic mass is 10.1. The summed E-state index contributed by atoms with van der Waals surface area (Å²) in [7, 11) is 1.44. The fraction of sp³-hybridized carbons (Fsp3) is 0.154. The quantitative estimate of drug-likeness (QED) is 0.800. The van der Waals surface area contributed by atoms with Gasteiger partial charge in [0.25, 0.3) is 0 Å². The Morgan fingerprint density at radius 1 is 1.47 bits per heavy atom. The third-order valence-electron chi connectivity index (χ3n) is 2.94. The van der Waals surface area contributed by atoms with Crippen molar-refractivity contribution in [1.29, 1.82) is 0 Å². The van der Waals surface area contributed by atoms with Crippen LogP contribution < -0.4 is 10.5 Å². The van der Waals surface area contributed by atoms with Gasteiger partial charge in [0.15, 0.2) is 16.5 Å². The largest absolute Gasteiger partial charge is 0.494 e. The summed E-state index contributed by atoms with van der Waals surface area (Å²) in [5, 5.41) is 1.97. The minimum atomic E-state index is -0.393. The molecular formula is C13H12FN3OS. The molecule has 2 aromatic heterocycles. The number of thiazole rings is 1. The molecule has 4 nitrogen and oxygen atoms in total. The van der Waals surface area contributed by atoms with Gasteiger partial charge < -0.3 is 10.5 Å². The average Bonchev–Trinajstić information content (AvgIpc) is 2.98. The molecule has 19 heavy (non-hydrogen) atoms. The molecule has 3 rings (SSSR count). The van der Waals surface area contributed by atoms with Crippen LogP contribution in [0.15, 0.2) is 29.8 Å². The van der Waals surface area contributed by atoms with Crippen molar-refractivity contribution in [2.45, 2.75) is 6.54 Å². The van der Waals surface area contributed by atoms with E-state index in [0.29, 0.717) is 6.54 Å². The van der Waals surface area contributed by atoms with Gasteiger partial charge in [-0.25, -0.2) is 9.37 Å². The number of rotatable bonds is 3. The Labute approximate surface area is 113 Å². The standard InChI is InChI=1S/C13H12FN3OS/c1-18-12-3-2-8(4-10(12)14)11-6-17-9(5-15)7-19-13(17)16-11/h2-4,6-7H,5,15H2,1H3. The van der Waals surface area contributed by atoms with Crippen LogP contribution >= 0.6 is 11.3 Å². The molecule has 0 unspecified atom stereocenters. The van der Waals surface area contributed by atoms with E-state index in [-0.39, 0.29) is 5.75 Å². The highest BCUT2D eigenvalue weighted by atomic mass is 32.1. The molecule has 0 saturated carbocycles. The highest BCUT2D eigenvalue weighted by molar-refractivity contribution is 7.15. The summed E-state index contributed by atoms with van der Waals surface area (Å²) in [5.41, 5.74) is 8.09. The first-order valence-corrected chi connectivity index (χ1v) is 6.60. The number of hydrogen-bond acceptors (Lipinski definition) is 4. The smallest absolute Gasteiger partial charge is 0.194 e. The van der Waals surface area contributed by atoms with E-state index in [1.165, 1.54) is 24.5 Å². The van der Waals surface area contributed by atoms with E-state index < -0.39 is 5.82 Å². The molecule has 0 bridgehead atoms. The van der Waals surface area contributed by atoms with E-state index in [0.717, 1.165) is 21.9 Å². The number of halogens is 1. The SMILES string of the molecule is COc1ccc(-c2cn3c(CN)csc3n2)cc1F. The van der Waals surface area contributed by atoms with Crippen molar-refractivity contribution in [3.8, 4) is 17.0 Å². The van der Waals surface area contributed by atoms with Crippen molar-refractivity contribution >= 4 is 16.3 Å². The molecule has 0 atom stereocenters. The third kappa shape index (κ3) is 1.98. The van der Waals surface area contributed by atoms with Crippen LogP contribution in [0.5, 0.6) is 5.75 Å². The maximum atomic E-state index is 13.7. The summed E-state index contributed by atoms with van der Waals surface area (Å²) in [6.07, 6.45) is 1.87. The minimum Gasteiger partial charge on any atom is -0.494 e. The van der Waals surface area contributed by atoms with Gasteiger partial charge in [-0.2, -0.15) is 0 Å². The van der Waals surface area contributed by atoms with Gasteiger partial charge in [0.2, 0.25) is 0 Å². The number of imidazole rings is 1. The molecule has 0 radical (unpaired) electrons. The van der Waals surface area contributed by atoms with Crippen LogP contribution in [0.2, 0.25) is 0 Å². The van der Waals surface area contributed by atoms with Crippen molar-refractivity contribution < 1.29 is 9.13 Å². The Hall–Kier alpha value is -1.92. The second-order valence-corrected chi connectivity index (χ2v) is 4.90. The lowest BCUT2D eigenvalue weighted by Crippen LogP contribution is -1.98. The van der Waals surface area contributed by atoms with Crippen molar-refractivity contribution in [3.05, 3.63) is 41.3 Å². The van der Waals surface area contributed by atoms with Crippen molar-refractivity contribution in [2.24, 2.45) is 5.73 Å². The number of benzene rings is 1. The zero-order valence-corrected chi connectivity index (χ0v) is 11.1. The summed E-state index contributed by atoms with van der Waals surface area (Å²) in [6, 6.07) is 4.81. The van der Waals surface area contributed by atoms with Gasteiger partial charge in [0, 0.05) is 29.4 Å². The molecule has 2 heterocycles. The zero-order chi connectivity index (χ0) is 13.4. The Morgan fingerprint density at radius 3 is 3.00 bits per heavy atom. The topological polar surface area (TPSA) is 52.5 Å². The second kappa shape index (κ2) is 4.64. The fourth-order valence-electron chi connectivity index (χ4n) is 1.94. The second-order valence-electron chi connectivity index (χ2n) is 4.06. The maximum absolute atomic E-state index is 13.7. The maximum Gasteiger partial charge on any atom is 0.194 e. The van der Waals surface area contributed by atoms with E-state index in [4.69, 9.17) is 10.5 Å². The predicted octanol–water partition coefficient (Wildman–Crippen LogP) is 2.67. The number of fused-ring (bicyclic) bond motifs is 1. The molecule has 1 aromatic carbocycles. The van der Waals surface area contributed by atoms with E-state index in [2.05, 4.69) is 4.98 Å². The monoisotopic (exact) mass is 277 g/mol. The van der Waals surface area contributed by atoms with Crippen LogP contribution in [-0.4, -0.2) is 16.5 Å². The van der Waals surface area contributed by atoms with E-state index in [1.54, 1.807) is 12.1 Å². The Morgan fingerprint density at radius 2 is 2.32 bits per heavy atom. The fourth-order valence-corrected chi connectivity index (χ4v) is 2.83. The summed E-state index contributed by atoms with van der Waals surface area (Å²) in [5.74, 6) is -0.164. The molecule has 2 N–H and O–H groups in total. The number of nitrogens with two attached hydrogens (primary N) is 1. The first-order chi connectivity index (χ1) is 9.22. The molecule has 0 saturated heterocycles. The van der Waals surface area contributed by atoms with Gasteiger partial charge >= 0.3 is 0 Å². The number of nitrogens with zero attached hydrogens (tertiary/aromatic N) is 2. The first-order valence-electron chi connectivity index (χ1n) is 5.72. The molecule has 0 aliphatic carbocycles. The highest BCUT2D eigenvalue weighted by Crippen LogP contribution is 2.27. The van der Waals surface area contributed by atoms with Crippen LogP contribution in [-0.2, 0) is 6.54 Å². The van der Waals surface area contributed by atoms with Crippen LogP contribution in [0.4, 0.5) is 4.39 Å². The lowest BCUT2D eigenvalue weighted by Gasteiger charge is -2.02. The Balaban J connectivity index is 2.08. The Kier molecular flexibility index (Phi) is 2.96. The van der Waals surface area contributed by atoms with Crippen molar-refractivity contribution in [1.82, 2.24) is 9.38 Å². The minimum absolute atomic E-state index is 0.229. The molecule has 0 aliphatic rings. The summed E-state index contributed by atoms with van der Waals surface area (Å²) in [6.45, 7) is 0.451.